The Kier molecular flexibility index (Phi) is 4.08. The third-order valence-corrected chi connectivity index (χ3v) is 3.83. The van der Waals surface area contributed by atoms with Gasteiger partial charge in [-0.3, -0.25) is 0 Å². The molecule has 0 aromatic rings. The predicted molar refractivity (Wildman–Crippen MR) is 57.0 cm³/mol. The first-order valence-corrected chi connectivity index (χ1v) is 5.93. The molecule has 0 heterocycles. The van der Waals surface area contributed by atoms with E-state index in [1.807, 2.05) is 0 Å². The molecule has 0 aromatic heterocycles. The van der Waals surface area contributed by atoms with Gasteiger partial charge in [-0.15, -0.1) is 0 Å². The Bertz CT molecular complexity index is 298. The van der Waals surface area contributed by atoms with Crippen molar-refractivity contribution in [2.24, 2.45) is 5.41 Å². The number of alkyl halides is 3. The maximum atomic E-state index is 12.0. The van der Waals surface area contributed by atoms with E-state index in [0.29, 0.717) is 12.8 Å². The number of nitrogens with zero attached hydrogens (tertiary/aromatic N) is 1. The first kappa shape index (κ1) is 14.3. The summed E-state index contributed by atoms with van der Waals surface area (Å²) in [6, 6.07) is 2.13. The molecule has 5 heteroatoms. The van der Waals surface area contributed by atoms with Crippen LogP contribution in [0.2, 0.25) is 0 Å². The summed E-state index contributed by atoms with van der Waals surface area (Å²) in [5.41, 5.74) is -2.16. The standard InChI is InChI=1S/C12H18F3NO/c1-10(17,5-4-8-12(13,14)15)11(9-16)6-2-3-7-11/h17H,2-8H2,1H3. The van der Waals surface area contributed by atoms with Gasteiger partial charge in [-0.2, -0.15) is 18.4 Å². The summed E-state index contributed by atoms with van der Waals surface area (Å²) in [6.07, 6.45) is -2.28. The Morgan fingerprint density at radius 3 is 2.18 bits per heavy atom. The van der Waals surface area contributed by atoms with Crippen molar-refractivity contribution in [3.63, 3.8) is 0 Å². The number of rotatable bonds is 4. The molecule has 98 valence electrons. The molecule has 0 amide bonds. The predicted octanol–water partition coefficient (Wildman–Crippen LogP) is 3.55. The van der Waals surface area contributed by atoms with Crippen LogP contribution >= 0.6 is 0 Å². The van der Waals surface area contributed by atoms with E-state index in [4.69, 9.17) is 0 Å². The first-order chi connectivity index (χ1) is 7.72. The van der Waals surface area contributed by atoms with Crippen LogP contribution in [0.3, 0.4) is 0 Å². The van der Waals surface area contributed by atoms with Gasteiger partial charge in [0.25, 0.3) is 0 Å². The molecule has 0 bridgehead atoms. The van der Waals surface area contributed by atoms with E-state index in [9.17, 15) is 23.5 Å². The average molecular weight is 249 g/mol. The number of halogens is 3. The van der Waals surface area contributed by atoms with Gasteiger partial charge < -0.3 is 5.11 Å². The second-order valence-corrected chi connectivity index (χ2v) is 5.14. The summed E-state index contributed by atoms with van der Waals surface area (Å²) in [5.74, 6) is 0. The minimum absolute atomic E-state index is 0.0278. The summed E-state index contributed by atoms with van der Waals surface area (Å²) in [4.78, 5) is 0. The summed E-state index contributed by atoms with van der Waals surface area (Å²) in [5, 5.41) is 19.5. The largest absolute Gasteiger partial charge is 0.389 e. The van der Waals surface area contributed by atoms with Gasteiger partial charge in [-0.05, 0) is 32.6 Å². The number of hydrogen-bond acceptors (Lipinski definition) is 2. The monoisotopic (exact) mass is 249 g/mol. The number of hydrogen-bond donors (Lipinski definition) is 1. The van der Waals surface area contributed by atoms with Gasteiger partial charge in [0.05, 0.1) is 17.1 Å². The smallest absolute Gasteiger partial charge is 0.389 e. The highest BCUT2D eigenvalue weighted by atomic mass is 19.4. The molecule has 1 N–H and O–H groups in total. The van der Waals surface area contributed by atoms with Crippen molar-refractivity contribution in [3.8, 4) is 6.07 Å². The van der Waals surface area contributed by atoms with Crippen LogP contribution in [0.25, 0.3) is 0 Å². The Morgan fingerprint density at radius 2 is 1.76 bits per heavy atom. The van der Waals surface area contributed by atoms with Gasteiger partial charge in [0.2, 0.25) is 0 Å². The highest BCUT2D eigenvalue weighted by Gasteiger charge is 2.49. The molecule has 0 aromatic carbocycles. The normalized spacial score (nSPS) is 23.1. The average Bonchev–Trinajstić information content (AvgIpc) is 2.64. The van der Waals surface area contributed by atoms with E-state index in [1.165, 1.54) is 6.92 Å². The van der Waals surface area contributed by atoms with Crippen LogP contribution in [-0.4, -0.2) is 16.9 Å². The molecule has 17 heavy (non-hydrogen) atoms. The van der Waals surface area contributed by atoms with Crippen LogP contribution in [0.4, 0.5) is 13.2 Å². The number of aliphatic hydroxyl groups is 1. The molecule has 1 aliphatic carbocycles. The van der Waals surface area contributed by atoms with Crippen molar-refractivity contribution >= 4 is 0 Å². The molecular formula is C12H18F3NO. The Morgan fingerprint density at radius 1 is 1.24 bits per heavy atom. The van der Waals surface area contributed by atoms with E-state index in [-0.39, 0.29) is 12.8 Å². The lowest BCUT2D eigenvalue weighted by atomic mass is 9.70. The maximum absolute atomic E-state index is 12.0. The summed E-state index contributed by atoms with van der Waals surface area (Å²) < 4.78 is 36.1. The molecule has 1 atom stereocenters. The van der Waals surface area contributed by atoms with Crippen molar-refractivity contribution < 1.29 is 18.3 Å². The van der Waals surface area contributed by atoms with E-state index >= 15 is 0 Å². The fourth-order valence-corrected chi connectivity index (χ4v) is 2.62. The fourth-order valence-electron chi connectivity index (χ4n) is 2.62. The van der Waals surface area contributed by atoms with Gasteiger partial charge in [0, 0.05) is 6.42 Å². The van der Waals surface area contributed by atoms with E-state index in [2.05, 4.69) is 6.07 Å². The maximum Gasteiger partial charge on any atom is 0.389 e. The zero-order valence-electron chi connectivity index (χ0n) is 9.98. The van der Waals surface area contributed by atoms with Crippen LogP contribution in [-0.2, 0) is 0 Å². The molecular weight excluding hydrogens is 231 g/mol. The summed E-state index contributed by atoms with van der Waals surface area (Å²) in [6.45, 7) is 1.50. The van der Waals surface area contributed by atoms with Crippen molar-refractivity contribution in [3.05, 3.63) is 0 Å². The molecule has 1 fully saturated rings. The van der Waals surface area contributed by atoms with Crippen molar-refractivity contribution in [2.75, 3.05) is 0 Å². The lowest BCUT2D eigenvalue weighted by Crippen LogP contribution is -2.43. The quantitative estimate of drug-likeness (QED) is 0.828. The van der Waals surface area contributed by atoms with Crippen LogP contribution in [0, 0.1) is 16.7 Å². The van der Waals surface area contributed by atoms with Crippen molar-refractivity contribution in [1.82, 2.24) is 0 Å². The first-order valence-electron chi connectivity index (χ1n) is 5.93. The zero-order chi connectivity index (χ0) is 13.2. The van der Waals surface area contributed by atoms with Crippen molar-refractivity contribution in [2.45, 2.75) is 63.6 Å². The van der Waals surface area contributed by atoms with Gasteiger partial charge in [-0.1, -0.05) is 12.8 Å². The topological polar surface area (TPSA) is 44.0 Å². The SMILES string of the molecule is CC(O)(CCCC(F)(F)F)C1(C#N)CCCC1. The molecule has 2 nitrogen and oxygen atoms in total. The van der Waals surface area contributed by atoms with Crippen LogP contribution in [0.15, 0.2) is 0 Å². The molecule has 1 saturated carbocycles. The molecule has 0 aliphatic heterocycles. The van der Waals surface area contributed by atoms with E-state index in [1.54, 1.807) is 0 Å². The van der Waals surface area contributed by atoms with Crippen LogP contribution < -0.4 is 0 Å². The Labute approximate surface area is 99.4 Å². The molecule has 1 unspecified atom stereocenters. The molecule has 0 radical (unpaired) electrons. The Balaban J connectivity index is 2.59. The second-order valence-electron chi connectivity index (χ2n) is 5.14. The second kappa shape index (κ2) is 4.85. The third-order valence-electron chi connectivity index (χ3n) is 3.83. The fraction of sp³-hybridized carbons (Fsp3) is 0.917. The minimum Gasteiger partial charge on any atom is -0.389 e. The lowest BCUT2D eigenvalue weighted by Gasteiger charge is -2.37. The highest BCUT2D eigenvalue weighted by Crippen LogP contribution is 2.48. The summed E-state index contributed by atoms with van der Waals surface area (Å²) >= 11 is 0. The highest BCUT2D eigenvalue weighted by molar-refractivity contribution is 5.11. The lowest BCUT2D eigenvalue weighted by molar-refractivity contribution is -0.140. The molecule has 0 saturated heterocycles. The van der Waals surface area contributed by atoms with Crippen LogP contribution in [0.5, 0.6) is 0 Å². The van der Waals surface area contributed by atoms with E-state index < -0.39 is 23.6 Å². The molecule has 1 aliphatic rings. The Hall–Kier alpha value is -0.760. The van der Waals surface area contributed by atoms with E-state index in [0.717, 1.165) is 12.8 Å². The van der Waals surface area contributed by atoms with Gasteiger partial charge in [-0.25, -0.2) is 0 Å². The summed E-state index contributed by atoms with van der Waals surface area (Å²) in [7, 11) is 0. The third kappa shape index (κ3) is 3.35. The minimum atomic E-state index is -4.19. The van der Waals surface area contributed by atoms with Gasteiger partial charge in [0.15, 0.2) is 0 Å². The van der Waals surface area contributed by atoms with Gasteiger partial charge in [0.1, 0.15) is 0 Å². The number of nitriles is 1. The molecule has 1 rings (SSSR count). The van der Waals surface area contributed by atoms with Crippen LogP contribution in [0.1, 0.15) is 51.9 Å². The zero-order valence-corrected chi connectivity index (χ0v) is 9.98. The van der Waals surface area contributed by atoms with Gasteiger partial charge >= 0.3 is 6.18 Å². The van der Waals surface area contributed by atoms with Crippen molar-refractivity contribution in [1.29, 1.82) is 5.26 Å². The molecule has 0 spiro atoms.